The summed E-state index contributed by atoms with van der Waals surface area (Å²) >= 11 is 0. The van der Waals surface area contributed by atoms with E-state index in [1.54, 1.807) is 7.05 Å². The molecule has 0 saturated carbocycles. The van der Waals surface area contributed by atoms with Gasteiger partial charge in [-0.05, 0) is 7.05 Å². The summed E-state index contributed by atoms with van der Waals surface area (Å²) in [5.41, 5.74) is 0. The summed E-state index contributed by atoms with van der Waals surface area (Å²) in [6.07, 6.45) is -2.00. The van der Waals surface area contributed by atoms with Gasteiger partial charge in [0.1, 0.15) is 12.3 Å². The molecule has 0 aromatic rings. The number of nitrogens with one attached hydrogen (secondary N) is 1. The average molecular weight is 208 g/mol. The third-order valence-electron chi connectivity index (χ3n) is 1.91. The third kappa shape index (κ3) is 4.85. The Labute approximate surface area is 83.8 Å². The Hall–Kier alpha value is -0.240. The molecule has 6 heteroatoms. The van der Waals surface area contributed by atoms with E-state index in [-0.39, 0.29) is 32.8 Å². The summed E-state index contributed by atoms with van der Waals surface area (Å²) in [5, 5.41) is 39.1. The first-order chi connectivity index (χ1) is 6.67. The Kier molecular flexibility index (Phi) is 7.96. The van der Waals surface area contributed by atoms with Crippen LogP contribution in [0, 0.1) is 0 Å². The monoisotopic (exact) mass is 208 g/mol. The summed E-state index contributed by atoms with van der Waals surface area (Å²) in [6, 6.07) is 0. The summed E-state index contributed by atoms with van der Waals surface area (Å²) in [7, 11) is 1.67. The van der Waals surface area contributed by atoms with Crippen LogP contribution >= 0.6 is 0 Å². The summed E-state index contributed by atoms with van der Waals surface area (Å²) < 4.78 is 0. The van der Waals surface area contributed by atoms with Crippen LogP contribution in [0.5, 0.6) is 0 Å². The van der Waals surface area contributed by atoms with Crippen molar-refractivity contribution < 1.29 is 20.4 Å². The van der Waals surface area contributed by atoms with Gasteiger partial charge in [0.25, 0.3) is 0 Å². The van der Waals surface area contributed by atoms with Crippen LogP contribution in [-0.2, 0) is 0 Å². The third-order valence-corrected chi connectivity index (χ3v) is 1.91. The highest BCUT2D eigenvalue weighted by Crippen LogP contribution is 2.00. The number of aliphatic hydroxyl groups is 4. The van der Waals surface area contributed by atoms with E-state index in [1.807, 2.05) is 0 Å². The molecule has 0 aromatic heterocycles. The summed E-state index contributed by atoms with van der Waals surface area (Å²) in [6.45, 7) is 0.464. The van der Waals surface area contributed by atoms with Gasteiger partial charge < -0.3 is 25.7 Å². The van der Waals surface area contributed by atoms with E-state index >= 15 is 0 Å². The van der Waals surface area contributed by atoms with Crippen molar-refractivity contribution in [2.24, 2.45) is 0 Å². The highest BCUT2D eigenvalue weighted by Gasteiger charge is 2.22. The standard InChI is InChI=1S/C8H20N2O4/c1-9-6-7(13)8(14)10(2-4-11)3-5-12/h7-9,11-14H,2-6H2,1H3. The molecule has 0 aromatic carbocycles. The normalized spacial score (nSPS) is 15.9. The number of aliphatic hydroxyl groups excluding tert-OH is 4. The zero-order valence-corrected chi connectivity index (χ0v) is 8.43. The highest BCUT2D eigenvalue weighted by molar-refractivity contribution is 4.70. The van der Waals surface area contributed by atoms with Gasteiger partial charge in [-0.2, -0.15) is 0 Å². The molecule has 2 unspecified atom stereocenters. The minimum Gasteiger partial charge on any atom is -0.395 e. The molecule has 5 N–H and O–H groups in total. The molecule has 86 valence electrons. The summed E-state index contributed by atoms with van der Waals surface area (Å²) in [4.78, 5) is 1.42. The SMILES string of the molecule is CNCC(O)C(O)N(CCO)CCO. The van der Waals surface area contributed by atoms with Crippen LogP contribution in [0.4, 0.5) is 0 Å². The quantitative estimate of drug-likeness (QED) is 0.276. The second-order valence-electron chi connectivity index (χ2n) is 3.02. The molecule has 0 aliphatic heterocycles. The zero-order valence-electron chi connectivity index (χ0n) is 8.43. The molecule has 6 nitrogen and oxygen atoms in total. The van der Waals surface area contributed by atoms with E-state index in [4.69, 9.17) is 10.2 Å². The van der Waals surface area contributed by atoms with Crippen LogP contribution in [0.3, 0.4) is 0 Å². The van der Waals surface area contributed by atoms with Gasteiger partial charge in [0.2, 0.25) is 0 Å². The first kappa shape index (κ1) is 13.8. The zero-order chi connectivity index (χ0) is 11.0. The van der Waals surface area contributed by atoms with Crippen molar-refractivity contribution in [1.29, 1.82) is 0 Å². The van der Waals surface area contributed by atoms with Gasteiger partial charge in [-0.3, -0.25) is 4.90 Å². The Morgan fingerprint density at radius 3 is 2.00 bits per heavy atom. The fourth-order valence-electron chi connectivity index (χ4n) is 1.19. The predicted molar refractivity (Wildman–Crippen MR) is 51.7 cm³/mol. The molecule has 0 bridgehead atoms. The van der Waals surface area contributed by atoms with Gasteiger partial charge in [0, 0.05) is 19.6 Å². The molecule has 0 heterocycles. The molecule has 14 heavy (non-hydrogen) atoms. The van der Waals surface area contributed by atoms with E-state index in [0.717, 1.165) is 0 Å². The van der Waals surface area contributed by atoms with Gasteiger partial charge in [-0.1, -0.05) is 0 Å². The van der Waals surface area contributed by atoms with Crippen LogP contribution in [0.1, 0.15) is 0 Å². The Morgan fingerprint density at radius 2 is 1.64 bits per heavy atom. The lowest BCUT2D eigenvalue weighted by Gasteiger charge is -2.29. The molecule has 0 rings (SSSR count). The minimum atomic E-state index is -1.07. The lowest BCUT2D eigenvalue weighted by molar-refractivity contribution is -0.0889. The molecule has 0 radical (unpaired) electrons. The average Bonchev–Trinajstić information content (AvgIpc) is 2.17. The first-order valence-electron chi connectivity index (χ1n) is 4.63. The first-order valence-corrected chi connectivity index (χ1v) is 4.63. The maximum atomic E-state index is 9.58. The van der Waals surface area contributed by atoms with Crippen LogP contribution in [0.2, 0.25) is 0 Å². The van der Waals surface area contributed by atoms with E-state index < -0.39 is 12.3 Å². The molecule has 0 fully saturated rings. The van der Waals surface area contributed by atoms with Crippen molar-refractivity contribution in [1.82, 2.24) is 10.2 Å². The van der Waals surface area contributed by atoms with Crippen LogP contribution in [0.15, 0.2) is 0 Å². The number of nitrogens with zero attached hydrogens (tertiary/aromatic N) is 1. The largest absolute Gasteiger partial charge is 0.395 e. The molecule has 0 amide bonds. The molecule has 0 spiro atoms. The smallest absolute Gasteiger partial charge is 0.135 e. The molecular formula is C8H20N2O4. The van der Waals surface area contributed by atoms with E-state index in [2.05, 4.69) is 5.32 Å². The maximum absolute atomic E-state index is 9.58. The molecule has 0 saturated heterocycles. The number of likely N-dealkylation sites (N-methyl/N-ethyl adjacent to an activating group) is 1. The lowest BCUT2D eigenvalue weighted by atomic mass is 10.2. The van der Waals surface area contributed by atoms with E-state index in [1.165, 1.54) is 4.90 Å². The van der Waals surface area contributed by atoms with Gasteiger partial charge in [-0.15, -0.1) is 0 Å². The predicted octanol–water partition coefficient (Wildman–Crippen LogP) is -2.83. The Balaban J connectivity index is 4.03. The Morgan fingerprint density at radius 1 is 1.14 bits per heavy atom. The van der Waals surface area contributed by atoms with Gasteiger partial charge in [0.05, 0.1) is 13.2 Å². The van der Waals surface area contributed by atoms with Crippen molar-refractivity contribution in [3.05, 3.63) is 0 Å². The lowest BCUT2D eigenvalue weighted by Crippen LogP contribution is -2.49. The maximum Gasteiger partial charge on any atom is 0.135 e. The van der Waals surface area contributed by atoms with E-state index in [0.29, 0.717) is 0 Å². The van der Waals surface area contributed by atoms with Crippen molar-refractivity contribution in [2.75, 3.05) is 39.9 Å². The topological polar surface area (TPSA) is 96.2 Å². The van der Waals surface area contributed by atoms with Gasteiger partial charge in [0.15, 0.2) is 0 Å². The van der Waals surface area contributed by atoms with Crippen LogP contribution < -0.4 is 5.32 Å². The molecule has 0 aliphatic rings. The summed E-state index contributed by atoms with van der Waals surface area (Å²) in [5.74, 6) is 0. The highest BCUT2D eigenvalue weighted by atomic mass is 16.3. The van der Waals surface area contributed by atoms with E-state index in [9.17, 15) is 10.2 Å². The fourth-order valence-corrected chi connectivity index (χ4v) is 1.19. The van der Waals surface area contributed by atoms with Crippen molar-refractivity contribution in [3.63, 3.8) is 0 Å². The minimum absolute atomic E-state index is 0.122. The second-order valence-corrected chi connectivity index (χ2v) is 3.02. The number of hydrogen-bond donors (Lipinski definition) is 5. The van der Waals surface area contributed by atoms with Crippen LogP contribution in [0.25, 0.3) is 0 Å². The van der Waals surface area contributed by atoms with Gasteiger partial charge >= 0.3 is 0 Å². The van der Waals surface area contributed by atoms with Crippen molar-refractivity contribution in [3.8, 4) is 0 Å². The molecule has 0 aliphatic carbocycles. The molecular weight excluding hydrogens is 188 g/mol. The van der Waals surface area contributed by atoms with Crippen LogP contribution in [-0.4, -0.2) is 77.6 Å². The Bertz CT molecular complexity index is 131. The molecule has 2 atom stereocenters. The van der Waals surface area contributed by atoms with Gasteiger partial charge in [-0.25, -0.2) is 0 Å². The van der Waals surface area contributed by atoms with Crippen molar-refractivity contribution >= 4 is 0 Å². The second kappa shape index (κ2) is 8.10. The van der Waals surface area contributed by atoms with Crippen molar-refractivity contribution in [2.45, 2.75) is 12.3 Å². The fraction of sp³-hybridized carbons (Fsp3) is 1.00. The number of rotatable bonds is 8. The number of hydrogen-bond acceptors (Lipinski definition) is 6.